The van der Waals surface area contributed by atoms with E-state index in [2.05, 4.69) is 26.1 Å². The van der Waals surface area contributed by atoms with Crippen LogP contribution in [0.4, 0.5) is 0 Å². The van der Waals surface area contributed by atoms with Crippen LogP contribution in [-0.4, -0.2) is 31.2 Å². The average Bonchev–Trinajstić information content (AvgIpc) is 3.43. The number of carbonyl (C=O) groups excluding carboxylic acids is 1. The largest absolute Gasteiger partial charge is 0.481 e. The fourth-order valence-electron chi connectivity index (χ4n) is 7.17. The summed E-state index contributed by atoms with van der Waals surface area (Å²) >= 11 is 6.35. The van der Waals surface area contributed by atoms with Gasteiger partial charge in [-0.1, -0.05) is 50.9 Å². The van der Waals surface area contributed by atoms with Gasteiger partial charge in [0.25, 0.3) is 0 Å². The van der Waals surface area contributed by atoms with E-state index in [-0.39, 0.29) is 35.4 Å². The Labute approximate surface area is 207 Å². The van der Waals surface area contributed by atoms with Crippen LogP contribution in [0.2, 0.25) is 5.02 Å². The number of halogens is 1. The number of carbonyl (C=O) groups is 1. The van der Waals surface area contributed by atoms with Gasteiger partial charge in [0.1, 0.15) is 0 Å². The third kappa shape index (κ3) is 3.63. The van der Waals surface area contributed by atoms with Gasteiger partial charge in [-0.25, -0.2) is 0 Å². The summed E-state index contributed by atoms with van der Waals surface area (Å²) in [6.07, 6.45) is 9.36. The molecule has 3 aliphatic carbocycles. The standard InChI is InChI=1S/C27H35BClNO4/c1-15(2)18-6-5-9-22-25(18)34-28(33-22)23(30-26(31)20-13-17-10-11-27(17,20)3)12-16-14-32-24-19(16)7-4-8-21(24)29/h4,7-8,14-15,17-18,20,22-23,25H,5-6,9-13H2,1-3H3,(H,30,31)/t17?,18-,20-,22?,23?,25?,27?/m0/s1. The average molecular weight is 484 g/mol. The summed E-state index contributed by atoms with van der Waals surface area (Å²) < 4.78 is 18.9. The van der Waals surface area contributed by atoms with E-state index in [1.165, 1.54) is 19.3 Å². The second-order valence-electron chi connectivity index (χ2n) is 11.7. The normalized spacial score (nSPS) is 35.4. The van der Waals surface area contributed by atoms with E-state index < -0.39 is 7.12 Å². The molecule has 0 spiro atoms. The molecule has 0 bridgehead atoms. The quantitative estimate of drug-likeness (QED) is 0.526. The van der Waals surface area contributed by atoms with Crippen molar-refractivity contribution in [3.63, 3.8) is 0 Å². The number of furan rings is 1. The van der Waals surface area contributed by atoms with Crippen molar-refractivity contribution < 1.29 is 18.5 Å². The molecule has 5 unspecified atom stereocenters. The van der Waals surface area contributed by atoms with Crippen molar-refractivity contribution >= 4 is 35.6 Å². The molecular weight excluding hydrogens is 449 g/mol. The lowest BCUT2D eigenvalue weighted by atomic mass is 9.43. The lowest BCUT2D eigenvalue weighted by molar-refractivity contribution is -0.162. The van der Waals surface area contributed by atoms with Crippen LogP contribution < -0.4 is 5.32 Å². The summed E-state index contributed by atoms with van der Waals surface area (Å²) in [5, 5.41) is 4.96. The van der Waals surface area contributed by atoms with Crippen molar-refractivity contribution in [2.75, 3.05) is 0 Å². The van der Waals surface area contributed by atoms with E-state index >= 15 is 0 Å². The molecule has 5 nitrogen and oxygen atoms in total. The van der Waals surface area contributed by atoms with Gasteiger partial charge in [0.05, 0.1) is 29.4 Å². The molecular formula is C27H35BClNO4. The zero-order valence-electron chi connectivity index (χ0n) is 20.4. The summed E-state index contributed by atoms with van der Waals surface area (Å²) in [4.78, 5) is 13.5. The first-order valence-electron chi connectivity index (χ1n) is 13.1. The van der Waals surface area contributed by atoms with Crippen LogP contribution in [0.3, 0.4) is 0 Å². The van der Waals surface area contributed by atoms with E-state index in [0.717, 1.165) is 36.1 Å². The van der Waals surface area contributed by atoms with Crippen LogP contribution in [0, 0.1) is 29.1 Å². The van der Waals surface area contributed by atoms with Gasteiger partial charge in [0.15, 0.2) is 5.58 Å². The van der Waals surface area contributed by atoms with Crippen LogP contribution in [-0.2, 0) is 20.5 Å². The minimum atomic E-state index is -0.451. The molecule has 1 N–H and O–H groups in total. The number of amides is 1. The highest BCUT2D eigenvalue weighted by atomic mass is 35.5. The number of fused-ring (bicyclic) bond motifs is 3. The molecule has 34 heavy (non-hydrogen) atoms. The SMILES string of the molecule is CC(C)[C@@H]1CCCC2OB(C(Cc3coc4c(Cl)cccc34)NC(=O)[C@@H]3CC4CCC43C)OC21. The van der Waals surface area contributed by atoms with Gasteiger partial charge in [-0.3, -0.25) is 4.79 Å². The number of rotatable bonds is 6. The number of hydrogen-bond acceptors (Lipinski definition) is 4. The Morgan fingerprint density at radius 3 is 2.82 bits per heavy atom. The second kappa shape index (κ2) is 8.57. The monoisotopic (exact) mass is 483 g/mol. The van der Waals surface area contributed by atoms with Gasteiger partial charge in [-0.15, -0.1) is 0 Å². The molecule has 4 fully saturated rings. The lowest BCUT2D eigenvalue weighted by Gasteiger charge is -2.61. The highest BCUT2D eigenvalue weighted by molar-refractivity contribution is 6.47. The fourth-order valence-corrected chi connectivity index (χ4v) is 7.39. The van der Waals surface area contributed by atoms with E-state index in [9.17, 15) is 4.79 Å². The molecule has 6 rings (SSSR count). The summed E-state index contributed by atoms with van der Waals surface area (Å²) in [7, 11) is -0.451. The van der Waals surface area contributed by atoms with Gasteiger partial charge in [-0.05, 0) is 73.3 Å². The van der Waals surface area contributed by atoms with Crippen molar-refractivity contribution in [2.24, 2.45) is 29.1 Å². The van der Waals surface area contributed by atoms with E-state index in [4.69, 9.17) is 25.3 Å². The molecule has 7 atom stereocenters. The summed E-state index contributed by atoms with van der Waals surface area (Å²) in [5.41, 5.74) is 1.89. The van der Waals surface area contributed by atoms with Crippen LogP contribution >= 0.6 is 11.6 Å². The highest BCUT2D eigenvalue weighted by Gasteiger charge is 2.60. The predicted molar refractivity (Wildman–Crippen MR) is 133 cm³/mol. The van der Waals surface area contributed by atoms with Gasteiger partial charge in [0.2, 0.25) is 5.91 Å². The molecule has 4 aliphatic rings. The Hall–Kier alpha value is -1.50. The first kappa shape index (κ1) is 22.9. The zero-order chi connectivity index (χ0) is 23.6. The Kier molecular flexibility index (Phi) is 5.78. The van der Waals surface area contributed by atoms with Crippen LogP contribution in [0.5, 0.6) is 0 Å². The zero-order valence-corrected chi connectivity index (χ0v) is 21.1. The lowest BCUT2D eigenvalue weighted by Crippen LogP contribution is -2.62. The molecule has 1 aliphatic heterocycles. The maximum absolute atomic E-state index is 13.5. The van der Waals surface area contributed by atoms with Gasteiger partial charge in [-0.2, -0.15) is 0 Å². The third-order valence-electron chi connectivity index (χ3n) is 9.60. The number of benzene rings is 1. The smallest absolute Gasteiger partial charge is 0.462 e. The molecule has 182 valence electrons. The number of nitrogens with one attached hydrogen (secondary N) is 1. The van der Waals surface area contributed by atoms with Crippen LogP contribution in [0.15, 0.2) is 28.9 Å². The second-order valence-corrected chi connectivity index (χ2v) is 12.1. The minimum absolute atomic E-state index is 0.0939. The summed E-state index contributed by atoms with van der Waals surface area (Å²) in [6, 6.07) is 5.80. The third-order valence-corrected chi connectivity index (χ3v) is 9.89. The van der Waals surface area contributed by atoms with Crippen LogP contribution in [0.1, 0.15) is 64.9 Å². The Bertz CT molecular complexity index is 1090. The first-order valence-corrected chi connectivity index (χ1v) is 13.5. The maximum atomic E-state index is 13.5. The molecule has 2 aromatic rings. The van der Waals surface area contributed by atoms with E-state index in [1.54, 1.807) is 6.26 Å². The topological polar surface area (TPSA) is 60.7 Å². The Morgan fingerprint density at radius 2 is 2.12 bits per heavy atom. The molecule has 1 aromatic carbocycles. The fraction of sp³-hybridized carbons (Fsp3) is 0.667. The number of hydrogen-bond donors (Lipinski definition) is 1. The molecule has 1 aromatic heterocycles. The Morgan fingerprint density at radius 1 is 1.26 bits per heavy atom. The van der Waals surface area contributed by atoms with E-state index in [0.29, 0.717) is 28.9 Å². The maximum Gasteiger partial charge on any atom is 0.481 e. The van der Waals surface area contributed by atoms with Crippen molar-refractivity contribution in [3.05, 3.63) is 35.0 Å². The molecule has 1 saturated heterocycles. The predicted octanol–water partition coefficient (Wildman–Crippen LogP) is 5.82. The minimum Gasteiger partial charge on any atom is -0.462 e. The Balaban J connectivity index is 1.26. The van der Waals surface area contributed by atoms with Gasteiger partial charge >= 0.3 is 7.12 Å². The van der Waals surface area contributed by atoms with Crippen LogP contribution in [0.25, 0.3) is 11.0 Å². The summed E-state index contributed by atoms with van der Waals surface area (Å²) in [5.74, 6) is 1.74. The van der Waals surface area contributed by atoms with Crippen molar-refractivity contribution in [3.8, 4) is 0 Å². The first-order chi connectivity index (χ1) is 16.3. The van der Waals surface area contributed by atoms with Crippen molar-refractivity contribution in [1.82, 2.24) is 5.32 Å². The highest BCUT2D eigenvalue weighted by Crippen LogP contribution is 2.64. The van der Waals surface area contributed by atoms with Crippen molar-refractivity contribution in [1.29, 1.82) is 0 Å². The van der Waals surface area contributed by atoms with Gasteiger partial charge < -0.3 is 19.0 Å². The summed E-state index contributed by atoms with van der Waals surface area (Å²) in [6.45, 7) is 6.83. The molecule has 7 heteroatoms. The molecule has 1 amide bonds. The molecule has 3 saturated carbocycles. The number of para-hydroxylation sites is 1. The van der Waals surface area contributed by atoms with Crippen molar-refractivity contribution in [2.45, 2.75) is 83.9 Å². The van der Waals surface area contributed by atoms with Gasteiger partial charge in [0, 0.05) is 11.3 Å². The van der Waals surface area contributed by atoms with E-state index in [1.807, 2.05) is 18.2 Å². The molecule has 2 heterocycles. The molecule has 0 radical (unpaired) electrons.